The lowest BCUT2D eigenvalue weighted by molar-refractivity contribution is -0.146. The van der Waals surface area contributed by atoms with Crippen LogP contribution in [0.25, 0.3) is 6.08 Å². The van der Waals surface area contributed by atoms with Crippen LogP contribution in [-0.4, -0.2) is 40.4 Å². The first kappa shape index (κ1) is 22.2. The van der Waals surface area contributed by atoms with Crippen LogP contribution in [0.15, 0.2) is 42.5 Å². The van der Waals surface area contributed by atoms with Crippen LogP contribution in [0, 0.1) is 0 Å². The van der Waals surface area contributed by atoms with Crippen molar-refractivity contribution in [2.45, 2.75) is 45.6 Å². The van der Waals surface area contributed by atoms with Gasteiger partial charge in [-0.25, -0.2) is 4.79 Å². The predicted molar refractivity (Wildman–Crippen MR) is 107 cm³/mol. The van der Waals surface area contributed by atoms with E-state index in [1.165, 1.54) is 11.0 Å². The van der Waals surface area contributed by atoms with Crippen LogP contribution in [0.3, 0.4) is 0 Å². The molecule has 2 amide bonds. The van der Waals surface area contributed by atoms with Gasteiger partial charge in [-0.15, -0.1) is 0 Å². The number of aliphatic carboxylic acids is 1. The Balaban J connectivity index is 0.00000176. The van der Waals surface area contributed by atoms with Crippen molar-refractivity contribution in [2.24, 2.45) is 0 Å². The number of hydrogen-bond donors (Lipinski definition) is 2. The number of nitrogens with zero attached hydrogens (tertiary/aromatic N) is 1. The fourth-order valence-corrected chi connectivity index (χ4v) is 2.80. The third-order valence-corrected chi connectivity index (χ3v) is 4.50. The summed E-state index contributed by atoms with van der Waals surface area (Å²) >= 11 is 0. The van der Waals surface area contributed by atoms with E-state index in [-0.39, 0.29) is 11.8 Å². The number of benzene rings is 1. The quantitative estimate of drug-likeness (QED) is 0.745. The maximum atomic E-state index is 12.8. The summed E-state index contributed by atoms with van der Waals surface area (Å²) in [6.07, 6.45) is 4.65. The van der Waals surface area contributed by atoms with Crippen LogP contribution in [-0.2, 0) is 14.4 Å². The molecule has 1 aromatic carbocycles. The van der Waals surface area contributed by atoms with Gasteiger partial charge in [-0.3, -0.25) is 9.59 Å². The van der Waals surface area contributed by atoms with Crippen molar-refractivity contribution in [3.05, 3.63) is 48.1 Å². The van der Waals surface area contributed by atoms with Gasteiger partial charge in [0.15, 0.2) is 0 Å². The first-order valence-corrected chi connectivity index (χ1v) is 9.02. The molecule has 1 fully saturated rings. The molecule has 0 radical (unpaired) electrons. The van der Waals surface area contributed by atoms with Gasteiger partial charge in [0.05, 0.1) is 0 Å². The zero-order chi connectivity index (χ0) is 20.6. The number of nitrogens with one attached hydrogen (secondary N) is 1. The van der Waals surface area contributed by atoms with Gasteiger partial charge in [-0.05, 0) is 50.0 Å². The van der Waals surface area contributed by atoms with E-state index in [4.69, 9.17) is 5.11 Å². The number of carboxylic acid groups (broad SMARTS) is 1. The highest BCUT2D eigenvalue weighted by Crippen LogP contribution is 2.38. The second-order valence-corrected chi connectivity index (χ2v) is 6.28. The summed E-state index contributed by atoms with van der Waals surface area (Å²) < 4.78 is 0. The lowest BCUT2D eigenvalue weighted by Crippen LogP contribution is -2.61. The monoisotopic (exact) mass is 372 g/mol. The fraction of sp³-hybridized carbons (Fsp3) is 0.381. The smallest absolute Gasteiger partial charge is 0.328 e. The molecule has 0 aromatic heterocycles. The van der Waals surface area contributed by atoms with Crippen LogP contribution in [0.5, 0.6) is 0 Å². The molecular weight excluding hydrogens is 344 g/mol. The molecule has 1 aliphatic rings. The average Bonchev–Trinajstić information content (AvgIpc) is 2.61. The SMILES string of the molecule is C=C(C)C(=O)N(C)C1(C(=O)Nc2ccc(/C=C/C(=O)O)cc2)CCC1.CC. The van der Waals surface area contributed by atoms with Gasteiger partial charge >= 0.3 is 5.97 Å². The van der Waals surface area contributed by atoms with Crippen LogP contribution in [0.2, 0.25) is 0 Å². The molecule has 0 saturated heterocycles. The van der Waals surface area contributed by atoms with E-state index in [2.05, 4.69) is 11.9 Å². The number of anilines is 1. The molecular formula is C21H28N2O4. The molecule has 0 atom stereocenters. The number of carbonyl (C=O) groups is 3. The molecule has 2 rings (SSSR count). The van der Waals surface area contributed by atoms with Crippen molar-refractivity contribution in [3.63, 3.8) is 0 Å². The average molecular weight is 372 g/mol. The Hall–Kier alpha value is -2.89. The van der Waals surface area contributed by atoms with Crippen molar-refractivity contribution in [2.75, 3.05) is 12.4 Å². The molecule has 6 heteroatoms. The molecule has 1 aromatic rings. The Kier molecular flexibility index (Phi) is 7.97. The topological polar surface area (TPSA) is 86.7 Å². The van der Waals surface area contributed by atoms with Crippen molar-refractivity contribution in [3.8, 4) is 0 Å². The van der Waals surface area contributed by atoms with Gasteiger partial charge < -0.3 is 15.3 Å². The van der Waals surface area contributed by atoms with Gasteiger partial charge in [0.25, 0.3) is 0 Å². The van der Waals surface area contributed by atoms with Gasteiger partial charge in [0.1, 0.15) is 5.54 Å². The molecule has 0 aliphatic heterocycles. The van der Waals surface area contributed by atoms with E-state index in [1.807, 2.05) is 13.8 Å². The van der Waals surface area contributed by atoms with E-state index >= 15 is 0 Å². The molecule has 6 nitrogen and oxygen atoms in total. The van der Waals surface area contributed by atoms with E-state index in [0.29, 0.717) is 29.7 Å². The number of likely N-dealkylation sites (N-methyl/N-ethyl adjacent to an activating group) is 1. The molecule has 0 spiro atoms. The van der Waals surface area contributed by atoms with Crippen LogP contribution in [0.1, 0.15) is 45.6 Å². The lowest BCUT2D eigenvalue weighted by atomic mass is 9.74. The van der Waals surface area contributed by atoms with E-state index in [9.17, 15) is 14.4 Å². The molecule has 0 unspecified atom stereocenters. The molecule has 0 heterocycles. The number of rotatable bonds is 6. The van der Waals surface area contributed by atoms with Gasteiger partial charge in [0, 0.05) is 24.4 Å². The van der Waals surface area contributed by atoms with Gasteiger partial charge in [0.2, 0.25) is 11.8 Å². The second kappa shape index (κ2) is 9.71. The number of carbonyl (C=O) groups excluding carboxylic acids is 2. The summed E-state index contributed by atoms with van der Waals surface area (Å²) in [5, 5.41) is 11.5. The number of hydrogen-bond acceptors (Lipinski definition) is 3. The minimum absolute atomic E-state index is 0.218. The predicted octanol–water partition coefficient (Wildman–Crippen LogP) is 3.71. The normalized spacial score (nSPS) is 14.4. The van der Waals surface area contributed by atoms with E-state index in [1.54, 1.807) is 38.2 Å². The highest BCUT2D eigenvalue weighted by atomic mass is 16.4. The Morgan fingerprint density at radius 3 is 2.15 bits per heavy atom. The van der Waals surface area contributed by atoms with E-state index < -0.39 is 11.5 Å². The maximum absolute atomic E-state index is 12.8. The van der Waals surface area contributed by atoms with Gasteiger partial charge in [-0.2, -0.15) is 0 Å². The van der Waals surface area contributed by atoms with Crippen molar-refractivity contribution in [1.82, 2.24) is 4.90 Å². The summed E-state index contributed by atoms with van der Waals surface area (Å²) in [5.74, 6) is -1.47. The maximum Gasteiger partial charge on any atom is 0.328 e. The lowest BCUT2D eigenvalue weighted by Gasteiger charge is -2.47. The van der Waals surface area contributed by atoms with E-state index in [0.717, 1.165) is 12.5 Å². The molecule has 0 bridgehead atoms. The minimum atomic E-state index is -1.02. The van der Waals surface area contributed by atoms with Crippen LogP contribution in [0.4, 0.5) is 5.69 Å². The molecule has 1 aliphatic carbocycles. The van der Waals surface area contributed by atoms with Crippen molar-refractivity contribution < 1.29 is 19.5 Å². The second-order valence-electron chi connectivity index (χ2n) is 6.28. The van der Waals surface area contributed by atoms with Crippen LogP contribution >= 0.6 is 0 Å². The first-order valence-electron chi connectivity index (χ1n) is 9.02. The standard InChI is InChI=1S/C19H22N2O4.C2H6/c1-13(2)17(24)21(3)19(11-4-12-19)18(25)20-15-8-5-14(6-9-15)7-10-16(22)23;1-2/h5-10H,1,4,11-12H2,2-3H3,(H,20,25)(H,22,23);1-2H3/b10-7+;. The zero-order valence-electron chi connectivity index (χ0n) is 16.4. The minimum Gasteiger partial charge on any atom is -0.478 e. The Morgan fingerprint density at radius 1 is 1.19 bits per heavy atom. The zero-order valence-corrected chi connectivity index (χ0v) is 16.4. The molecule has 27 heavy (non-hydrogen) atoms. The van der Waals surface area contributed by atoms with Crippen molar-refractivity contribution in [1.29, 1.82) is 0 Å². The highest BCUT2D eigenvalue weighted by molar-refractivity contribution is 6.03. The summed E-state index contributed by atoms with van der Waals surface area (Å²) in [6, 6.07) is 6.83. The van der Waals surface area contributed by atoms with Crippen LogP contribution < -0.4 is 5.32 Å². The first-order chi connectivity index (χ1) is 12.8. The molecule has 2 N–H and O–H groups in total. The van der Waals surface area contributed by atoms with Gasteiger partial charge in [-0.1, -0.05) is 32.6 Å². The Morgan fingerprint density at radius 2 is 1.74 bits per heavy atom. The summed E-state index contributed by atoms with van der Waals surface area (Å²) in [5.41, 5.74) is 0.877. The highest BCUT2D eigenvalue weighted by Gasteiger charge is 2.49. The number of amides is 2. The van der Waals surface area contributed by atoms with Crippen molar-refractivity contribution >= 4 is 29.5 Å². The third-order valence-electron chi connectivity index (χ3n) is 4.50. The Bertz CT molecular complexity index is 731. The third kappa shape index (κ3) is 5.29. The molecule has 146 valence electrons. The molecule has 1 saturated carbocycles. The Labute approximate surface area is 160 Å². The number of carboxylic acids is 1. The summed E-state index contributed by atoms with van der Waals surface area (Å²) in [7, 11) is 1.63. The summed E-state index contributed by atoms with van der Waals surface area (Å²) in [6.45, 7) is 9.29. The largest absolute Gasteiger partial charge is 0.478 e. The fourth-order valence-electron chi connectivity index (χ4n) is 2.80. The summed E-state index contributed by atoms with van der Waals surface area (Å²) in [4.78, 5) is 37.0.